The van der Waals surface area contributed by atoms with Crippen LogP contribution in [-0.4, -0.2) is 8.42 Å². The first-order valence-corrected chi connectivity index (χ1v) is 5.14. The van der Waals surface area contributed by atoms with Crippen LogP contribution in [0.2, 0.25) is 0 Å². The lowest BCUT2D eigenvalue weighted by Crippen LogP contribution is -1.83. The summed E-state index contributed by atoms with van der Waals surface area (Å²) in [6, 6.07) is 0. The van der Waals surface area contributed by atoms with Crippen molar-refractivity contribution in [2.24, 2.45) is 0 Å². The van der Waals surface area contributed by atoms with Crippen LogP contribution in [0, 0.1) is 0 Å². The lowest BCUT2D eigenvalue weighted by atomic mass is 10.2. The van der Waals surface area contributed by atoms with E-state index in [1.807, 2.05) is 6.92 Å². The summed E-state index contributed by atoms with van der Waals surface area (Å²) >= 11 is 0. The molecule has 0 amide bonds. The molecule has 0 saturated carbocycles. The Hall–Kier alpha value is -0.280. The summed E-state index contributed by atoms with van der Waals surface area (Å²) in [6.07, 6.45) is 2.09. The van der Waals surface area contributed by atoms with Gasteiger partial charge in [-0.3, -0.25) is 0 Å². The molecule has 0 spiro atoms. The van der Waals surface area contributed by atoms with E-state index < -0.39 is 9.05 Å². The molecule has 0 aliphatic rings. The third kappa shape index (κ3) is 4.58. The summed E-state index contributed by atoms with van der Waals surface area (Å²) < 4.78 is 20.8. The molecule has 0 heterocycles. The zero-order chi connectivity index (χ0) is 8.20. The van der Waals surface area contributed by atoms with Crippen LogP contribution >= 0.6 is 10.7 Å². The van der Waals surface area contributed by atoms with E-state index in [9.17, 15) is 8.42 Å². The number of rotatable bonds is 3. The van der Waals surface area contributed by atoms with Gasteiger partial charge >= 0.3 is 0 Å². The molecule has 0 aromatic heterocycles. The average molecular weight is 181 g/mol. The number of halogens is 1. The predicted octanol–water partition coefficient (Wildman–Crippen LogP) is 2.03. The summed E-state index contributed by atoms with van der Waals surface area (Å²) in [6.45, 7) is 5.25. The topological polar surface area (TPSA) is 34.1 Å². The Bertz CT molecular complexity index is 238. The predicted molar refractivity (Wildman–Crippen MR) is 43.3 cm³/mol. The molecular formula is C6H9ClO2S. The first-order chi connectivity index (χ1) is 4.49. The number of hydrogen-bond acceptors (Lipinski definition) is 2. The van der Waals surface area contributed by atoms with E-state index in [1.165, 1.54) is 6.08 Å². The molecule has 10 heavy (non-hydrogen) atoms. The van der Waals surface area contributed by atoms with Crippen LogP contribution in [0.25, 0.3) is 0 Å². The van der Waals surface area contributed by atoms with E-state index in [4.69, 9.17) is 10.7 Å². The second kappa shape index (κ2) is 3.78. The van der Waals surface area contributed by atoms with Crippen molar-refractivity contribution < 1.29 is 8.42 Å². The van der Waals surface area contributed by atoms with Gasteiger partial charge in [0, 0.05) is 16.1 Å². The molecule has 0 bridgehead atoms. The zero-order valence-corrected chi connectivity index (χ0v) is 7.24. The molecule has 0 unspecified atom stereocenters. The molecule has 0 aromatic carbocycles. The minimum atomic E-state index is -3.51. The Morgan fingerprint density at radius 1 is 1.70 bits per heavy atom. The largest absolute Gasteiger partial charge is 0.254 e. The fourth-order valence-corrected chi connectivity index (χ4v) is 1.42. The molecule has 2 nitrogen and oxygen atoms in total. The minimum Gasteiger partial charge on any atom is -0.208 e. The van der Waals surface area contributed by atoms with Crippen LogP contribution in [0.1, 0.15) is 13.3 Å². The van der Waals surface area contributed by atoms with E-state index >= 15 is 0 Å². The fourth-order valence-electron chi connectivity index (χ4n) is 0.457. The van der Waals surface area contributed by atoms with Gasteiger partial charge in [0.2, 0.25) is 0 Å². The summed E-state index contributed by atoms with van der Waals surface area (Å²) in [7, 11) is 1.42. The van der Waals surface area contributed by atoms with Crippen LogP contribution in [0.15, 0.2) is 23.6 Å². The number of hydrogen-bond donors (Lipinski definition) is 0. The van der Waals surface area contributed by atoms with E-state index in [0.29, 0.717) is 12.0 Å². The van der Waals surface area contributed by atoms with E-state index in [2.05, 4.69) is 6.58 Å². The molecule has 0 radical (unpaired) electrons. The van der Waals surface area contributed by atoms with Crippen LogP contribution in [-0.2, 0) is 9.05 Å². The summed E-state index contributed by atoms with van der Waals surface area (Å²) in [4.78, 5) is 0. The van der Waals surface area contributed by atoms with Crippen molar-refractivity contribution in [3.05, 3.63) is 23.6 Å². The maximum Gasteiger partial charge on any atom is 0.254 e. The Balaban J connectivity index is 4.58. The van der Waals surface area contributed by atoms with E-state index in [0.717, 1.165) is 5.41 Å². The SMILES string of the molecule is C=C/C(=C\S(=O)(=O)Cl)CC. The first-order valence-electron chi connectivity index (χ1n) is 2.77. The molecule has 0 N–H and O–H groups in total. The molecule has 0 rings (SSSR count). The van der Waals surface area contributed by atoms with Crippen LogP contribution in [0.5, 0.6) is 0 Å². The zero-order valence-electron chi connectivity index (χ0n) is 5.67. The Morgan fingerprint density at radius 2 is 2.20 bits per heavy atom. The van der Waals surface area contributed by atoms with Gasteiger partial charge in [0.25, 0.3) is 9.05 Å². The molecule has 0 aliphatic carbocycles. The smallest absolute Gasteiger partial charge is 0.208 e. The van der Waals surface area contributed by atoms with Crippen molar-refractivity contribution in [3.63, 3.8) is 0 Å². The second-order valence-electron chi connectivity index (χ2n) is 1.73. The van der Waals surface area contributed by atoms with Crippen LogP contribution in [0.3, 0.4) is 0 Å². The van der Waals surface area contributed by atoms with Crippen LogP contribution < -0.4 is 0 Å². The van der Waals surface area contributed by atoms with Gasteiger partial charge in [-0.05, 0) is 12.0 Å². The summed E-state index contributed by atoms with van der Waals surface area (Å²) in [5.41, 5.74) is 0.620. The van der Waals surface area contributed by atoms with Crippen molar-refractivity contribution >= 4 is 19.7 Å². The normalized spacial score (nSPS) is 13.2. The van der Waals surface area contributed by atoms with Gasteiger partial charge in [-0.2, -0.15) is 0 Å². The van der Waals surface area contributed by atoms with Crippen LogP contribution in [0.4, 0.5) is 0 Å². The van der Waals surface area contributed by atoms with Gasteiger partial charge in [-0.25, -0.2) is 8.42 Å². The highest BCUT2D eigenvalue weighted by molar-refractivity contribution is 8.16. The summed E-state index contributed by atoms with van der Waals surface area (Å²) in [5.74, 6) is 0. The molecule has 0 atom stereocenters. The lowest BCUT2D eigenvalue weighted by Gasteiger charge is -1.91. The van der Waals surface area contributed by atoms with Gasteiger partial charge < -0.3 is 0 Å². The third-order valence-corrected chi connectivity index (χ3v) is 1.81. The molecule has 0 aromatic rings. The third-order valence-electron chi connectivity index (χ3n) is 0.963. The minimum absolute atomic E-state index is 0.620. The average Bonchev–Trinajstić information content (AvgIpc) is 1.81. The van der Waals surface area contributed by atoms with Crippen molar-refractivity contribution in [3.8, 4) is 0 Å². The highest BCUT2D eigenvalue weighted by Gasteiger charge is 1.99. The monoisotopic (exact) mass is 180 g/mol. The Morgan fingerprint density at radius 3 is 2.30 bits per heavy atom. The van der Waals surface area contributed by atoms with Gasteiger partial charge in [-0.1, -0.05) is 19.6 Å². The molecule has 0 fully saturated rings. The highest BCUT2D eigenvalue weighted by Crippen LogP contribution is 2.07. The highest BCUT2D eigenvalue weighted by atomic mass is 35.7. The molecular weight excluding hydrogens is 172 g/mol. The van der Waals surface area contributed by atoms with Gasteiger partial charge in [0.1, 0.15) is 0 Å². The summed E-state index contributed by atoms with van der Waals surface area (Å²) in [5, 5.41) is 1.00. The van der Waals surface area contributed by atoms with Gasteiger partial charge in [0.15, 0.2) is 0 Å². The van der Waals surface area contributed by atoms with Crippen molar-refractivity contribution in [2.75, 3.05) is 0 Å². The van der Waals surface area contributed by atoms with Crippen molar-refractivity contribution in [1.29, 1.82) is 0 Å². The first kappa shape index (κ1) is 9.72. The lowest BCUT2D eigenvalue weighted by molar-refractivity contribution is 0.617. The Kier molecular flexibility index (Phi) is 3.68. The quantitative estimate of drug-likeness (QED) is 0.492. The number of allylic oxidation sites excluding steroid dienone is 2. The standard InChI is InChI=1S/C6H9ClO2S/c1-3-6(4-2)5-10(7,8)9/h3,5H,1,4H2,2H3/b6-5+. The fraction of sp³-hybridized carbons (Fsp3) is 0.333. The Labute approximate surface area is 65.6 Å². The van der Waals surface area contributed by atoms with E-state index in [1.54, 1.807) is 0 Å². The maximum absolute atomic E-state index is 10.4. The molecule has 0 saturated heterocycles. The molecule has 4 heteroatoms. The van der Waals surface area contributed by atoms with E-state index in [-0.39, 0.29) is 0 Å². The van der Waals surface area contributed by atoms with Gasteiger partial charge in [0.05, 0.1) is 0 Å². The van der Waals surface area contributed by atoms with Gasteiger partial charge in [-0.15, -0.1) is 0 Å². The van der Waals surface area contributed by atoms with Crippen molar-refractivity contribution in [2.45, 2.75) is 13.3 Å². The molecule has 0 aliphatic heterocycles. The second-order valence-corrected chi connectivity index (χ2v) is 4.20. The molecule has 58 valence electrons. The maximum atomic E-state index is 10.4. The van der Waals surface area contributed by atoms with Crippen molar-refractivity contribution in [1.82, 2.24) is 0 Å².